The van der Waals surface area contributed by atoms with Crippen LogP contribution in [0.1, 0.15) is 16.7 Å². The maximum Gasteiger partial charge on any atom is 0.416 e. The van der Waals surface area contributed by atoms with Crippen LogP contribution in [0.2, 0.25) is 0 Å². The van der Waals surface area contributed by atoms with Crippen molar-refractivity contribution < 1.29 is 36.2 Å². The number of aromatic nitrogens is 2. The van der Waals surface area contributed by atoms with E-state index in [-0.39, 0.29) is 47.4 Å². The number of sulfonamides is 1. The van der Waals surface area contributed by atoms with Crippen LogP contribution in [0.3, 0.4) is 0 Å². The van der Waals surface area contributed by atoms with E-state index in [9.17, 15) is 21.6 Å². The number of anilines is 1. The van der Waals surface area contributed by atoms with Gasteiger partial charge in [0.25, 0.3) is 10.0 Å². The van der Waals surface area contributed by atoms with Crippen LogP contribution < -0.4 is 14.2 Å². The highest BCUT2D eigenvalue weighted by Crippen LogP contribution is 2.35. The number of halogens is 3. The molecule has 33 heavy (non-hydrogen) atoms. The zero-order valence-corrected chi connectivity index (χ0v) is 18.2. The van der Waals surface area contributed by atoms with Gasteiger partial charge in [-0.15, -0.1) is 0 Å². The molecule has 0 aliphatic rings. The molecule has 0 saturated carbocycles. The van der Waals surface area contributed by atoms with Gasteiger partial charge in [-0.25, -0.2) is 18.4 Å². The zero-order valence-electron chi connectivity index (χ0n) is 17.3. The lowest BCUT2D eigenvalue weighted by Crippen LogP contribution is -2.18. The summed E-state index contributed by atoms with van der Waals surface area (Å²) in [6.07, 6.45) is -3.99. The number of aliphatic hydroxyl groups is 1. The highest BCUT2D eigenvalue weighted by Gasteiger charge is 2.33. The summed E-state index contributed by atoms with van der Waals surface area (Å²) >= 11 is 0. The highest BCUT2D eigenvalue weighted by molar-refractivity contribution is 7.92. The number of hydrogen-bond acceptors (Lipinski definition) is 7. The highest BCUT2D eigenvalue weighted by atomic mass is 32.2. The first-order valence-electron chi connectivity index (χ1n) is 9.55. The van der Waals surface area contributed by atoms with Gasteiger partial charge < -0.3 is 14.6 Å². The molecule has 0 aliphatic heterocycles. The molecule has 12 heteroatoms. The molecule has 2 aromatic carbocycles. The number of nitrogens with one attached hydrogen (secondary N) is 1. The quantitative estimate of drug-likeness (QED) is 0.481. The van der Waals surface area contributed by atoms with Gasteiger partial charge in [-0.1, -0.05) is 18.2 Å². The SMILES string of the molecule is COc1ccc(S(=O)(=O)Nc2ncnc(OCCO)c2Cc2ccccc2C(F)(F)F)cc1. The minimum Gasteiger partial charge on any atom is -0.497 e. The third kappa shape index (κ3) is 5.90. The Morgan fingerprint density at radius 2 is 1.76 bits per heavy atom. The Bertz CT molecular complexity index is 1200. The molecule has 0 aliphatic carbocycles. The van der Waals surface area contributed by atoms with Crippen molar-refractivity contribution in [3.05, 3.63) is 71.5 Å². The summed E-state index contributed by atoms with van der Waals surface area (Å²) in [5.41, 5.74) is -1.02. The van der Waals surface area contributed by atoms with Crippen LogP contribution in [0.15, 0.2) is 59.8 Å². The first-order valence-corrected chi connectivity index (χ1v) is 11.0. The van der Waals surface area contributed by atoms with E-state index < -0.39 is 21.8 Å². The number of nitrogens with zero attached hydrogens (tertiary/aromatic N) is 2. The third-order valence-corrected chi connectivity index (χ3v) is 5.88. The Kier molecular flexibility index (Phi) is 7.39. The van der Waals surface area contributed by atoms with Crippen molar-refractivity contribution >= 4 is 15.8 Å². The fraction of sp³-hybridized carbons (Fsp3) is 0.238. The molecule has 1 aromatic heterocycles. The van der Waals surface area contributed by atoms with Crippen molar-refractivity contribution in [3.8, 4) is 11.6 Å². The summed E-state index contributed by atoms with van der Waals surface area (Å²) in [7, 11) is -2.72. The van der Waals surface area contributed by atoms with Gasteiger partial charge in [0.2, 0.25) is 5.88 Å². The monoisotopic (exact) mass is 483 g/mol. The van der Waals surface area contributed by atoms with Crippen LogP contribution in [0.5, 0.6) is 11.6 Å². The smallest absolute Gasteiger partial charge is 0.416 e. The molecular weight excluding hydrogens is 463 g/mol. The Morgan fingerprint density at radius 1 is 1.06 bits per heavy atom. The second-order valence-corrected chi connectivity index (χ2v) is 8.37. The van der Waals surface area contributed by atoms with E-state index in [4.69, 9.17) is 14.6 Å². The fourth-order valence-electron chi connectivity index (χ4n) is 2.99. The Hall–Kier alpha value is -3.38. The summed E-state index contributed by atoms with van der Waals surface area (Å²) in [5, 5.41) is 9.07. The van der Waals surface area contributed by atoms with Crippen molar-refractivity contribution in [1.29, 1.82) is 0 Å². The van der Waals surface area contributed by atoms with Crippen LogP contribution in [0.4, 0.5) is 19.0 Å². The molecule has 1 heterocycles. The van der Waals surface area contributed by atoms with Gasteiger partial charge in [-0.05, 0) is 35.9 Å². The van der Waals surface area contributed by atoms with Gasteiger partial charge in [0, 0.05) is 6.42 Å². The van der Waals surface area contributed by atoms with E-state index in [1.165, 1.54) is 49.6 Å². The third-order valence-electron chi connectivity index (χ3n) is 4.53. The largest absolute Gasteiger partial charge is 0.497 e. The van der Waals surface area contributed by atoms with Crippen LogP contribution in [0.25, 0.3) is 0 Å². The lowest BCUT2D eigenvalue weighted by molar-refractivity contribution is -0.138. The maximum absolute atomic E-state index is 13.5. The summed E-state index contributed by atoms with van der Waals surface area (Å²) in [6, 6.07) is 10.4. The van der Waals surface area contributed by atoms with Gasteiger partial charge in [0.05, 0.1) is 29.7 Å². The predicted octanol–water partition coefficient (Wildman–Crippen LogP) is 3.27. The van der Waals surface area contributed by atoms with E-state index in [1.807, 2.05) is 0 Å². The molecule has 176 valence electrons. The molecule has 0 radical (unpaired) electrons. The van der Waals surface area contributed by atoms with Crippen LogP contribution in [-0.2, 0) is 22.6 Å². The maximum atomic E-state index is 13.5. The van der Waals surface area contributed by atoms with Gasteiger partial charge in [0.1, 0.15) is 18.7 Å². The van der Waals surface area contributed by atoms with Crippen molar-refractivity contribution in [2.24, 2.45) is 0 Å². The summed E-state index contributed by atoms with van der Waals surface area (Å²) < 4.78 is 78.9. The average Bonchev–Trinajstić information content (AvgIpc) is 2.78. The van der Waals surface area contributed by atoms with E-state index in [0.29, 0.717) is 5.75 Å². The predicted molar refractivity (Wildman–Crippen MR) is 113 cm³/mol. The Morgan fingerprint density at radius 3 is 2.39 bits per heavy atom. The fourth-order valence-corrected chi connectivity index (χ4v) is 4.04. The van der Waals surface area contributed by atoms with Gasteiger partial charge in [-0.2, -0.15) is 13.2 Å². The molecule has 0 bridgehead atoms. The van der Waals surface area contributed by atoms with Gasteiger partial charge >= 0.3 is 6.18 Å². The standard InChI is InChI=1S/C21H20F3N3O5S/c1-31-15-6-8-16(9-7-15)33(29,30)27-19-17(20(26-13-25-19)32-11-10-28)12-14-4-2-3-5-18(14)21(22,23)24/h2-9,13,28H,10-12H2,1H3,(H,25,26,27). The lowest BCUT2D eigenvalue weighted by atomic mass is 10.00. The molecule has 0 spiro atoms. The van der Waals surface area contributed by atoms with Gasteiger partial charge in [0.15, 0.2) is 5.82 Å². The first-order chi connectivity index (χ1) is 15.7. The molecule has 0 saturated heterocycles. The average molecular weight is 483 g/mol. The summed E-state index contributed by atoms with van der Waals surface area (Å²) in [4.78, 5) is 7.73. The number of benzene rings is 2. The number of hydrogen-bond donors (Lipinski definition) is 2. The van der Waals surface area contributed by atoms with Crippen molar-refractivity contribution in [3.63, 3.8) is 0 Å². The summed E-state index contributed by atoms with van der Waals surface area (Å²) in [5.74, 6) is 0.0503. The van der Waals surface area contributed by atoms with E-state index in [1.54, 1.807) is 0 Å². The molecule has 8 nitrogen and oxygen atoms in total. The number of methoxy groups -OCH3 is 1. The van der Waals surface area contributed by atoms with E-state index in [2.05, 4.69) is 14.7 Å². The zero-order chi connectivity index (χ0) is 24.1. The molecule has 0 fully saturated rings. The molecule has 2 N–H and O–H groups in total. The van der Waals surface area contributed by atoms with Crippen molar-refractivity contribution in [2.45, 2.75) is 17.5 Å². The molecule has 3 aromatic rings. The van der Waals surface area contributed by atoms with Crippen molar-refractivity contribution in [2.75, 3.05) is 25.0 Å². The number of aliphatic hydroxyl groups excluding tert-OH is 1. The van der Waals surface area contributed by atoms with E-state index in [0.717, 1.165) is 12.4 Å². The Labute approximate surface area is 188 Å². The number of ether oxygens (including phenoxy) is 2. The summed E-state index contributed by atoms with van der Waals surface area (Å²) in [6.45, 7) is -0.578. The van der Waals surface area contributed by atoms with Crippen molar-refractivity contribution in [1.82, 2.24) is 9.97 Å². The normalized spacial score (nSPS) is 11.8. The van der Waals surface area contributed by atoms with Crippen LogP contribution in [-0.4, -0.2) is 43.8 Å². The van der Waals surface area contributed by atoms with Gasteiger partial charge in [-0.3, -0.25) is 4.72 Å². The second-order valence-electron chi connectivity index (χ2n) is 6.69. The number of rotatable bonds is 9. The van der Waals surface area contributed by atoms with E-state index >= 15 is 0 Å². The molecule has 0 amide bonds. The number of alkyl halides is 3. The van der Waals surface area contributed by atoms with Crippen LogP contribution in [0, 0.1) is 0 Å². The lowest BCUT2D eigenvalue weighted by Gasteiger charge is -2.17. The second kappa shape index (κ2) is 10.0. The molecule has 0 atom stereocenters. The molecule has 0 unspecified atom stereocenters. The molecular formula is C21H20F3N3O5S. The Balaban J connectivity index is 2.04. The minimum absolute atomic E-state index is 0.0141. The first kappa shape index (κ1) is 24.3. The van der Waals surface area contributed by atoms with Crippen LogP contribution >= 0.6 is 0 Å². The minimum atomic E-state index is -4.62. The molecule has 3 rings (SSSR count). The topological polar surface area (TPSA) is 111 Å².